The zero-order valence-electron chi connectivity index (χ0n) is 9.87. The van der Waals surface area contributed by atoms with E-state index in [1.165, 1.54) is 6.92 Å². The summed E-state index contributed by atoms with van der Waals surface area (Å²) in [6.45, 7) is 1.23. The molecule has 0 radical (unpaired) electrons. The zero-order chi connectivity index (χ0) is 13.3. The molecule has 0 aliphatic carbocycles. The second kappa shape index (κ2) is 4.42. The van der Waals surface area contributed by atoms with E-state index >= 15 is 0 Å². The molecule has 96 valence electrons. The number of ether oxygens (including phenoxy) is 1. The molecule has 5 heteroatoms. The van der Waals surface area contributed by atoms with E-state index in [-0.39, 0.29) is 6.61 Å². The third-order valence-electron chi connectivity index (χ3n) is 3.53. The van der Waals surface area contributed by atoms with Crippen LogP contribution in [0.3, 0.4) is 0 Å². The smallest absolute Gasteiger partial charge is 0.315 e. The molecule has 1 aromatic rings. The number of rotatable bonds is 3. The van der Waals surface area contributed by atoms with Gasteiger partial charge in [-0.05, 0) is 12.5 Å². The predicted molar refractivity (Wildman–Crippen MR) is 61.6 cm³/mol. The molecule has 1 aromatic carbocycles. The Morgan fingerprint density at radius 1 is 1.44 bits per heavy atom. The molecule has 1 aliphatic rings. The van der Waals surface area contributed by atoms with E-state index in [2.05, 4.69) is 0 Å². The number of carbonyl (C=O) groups excluding carboxylic acids is 1. The van der Waals surface area contributed by atoms with Crippen molar-refractivity contribution in [2.75, 3.05) is 6.61 Å². The van der Waals surface area contributed by atoms with Gasteiger partial charge >= 0.3 is 11.9 Å². The van der Waals surface area contributed by atoms with Crippen LogP contribution in [0.25, 0.3) is 0 Å². The molecule has 2 N–H and O–H groups in total. The highest BCUT2D eigenvalue weighted by molar-refractivity contribution is 5.88. The SMILES string of the molecule is C[C@]1([C@@H](O)c2ccccc2)C(=O)OC[C@@H]1C(=O)O. The normalized spacial score (nSPS) is 28.8. The number of aliphatic carboxylic acids is 1. The van der Waals surface area contributed by atoms with Crippen LogP contribution in [-0.4, -0.2) is 28.8 Å². The summed E-state index contributed by atoms with van der Waals surface area (Å²) >= 11 is 0. The lowest BCUT2D eigenvalue weighted by atomic mass is 9.72. The van der Waals surface area contributed by atoms with Crippen molar-refractivity contribution in [1.82, 2.24) is 0 Å². The topological polar surface area (TPSA) is 83.8 Å². The van der Waals surface area contributed by atoms with Gasteiger partial charge in [-0.1, -0.05) is 30.3 Å². The standard InChI is InChI=1S/C13H14O5/c1-13(9(11(15)16)7-18-12(13)17)10(14)8-5-3-2-4-6-8/h2-6,9-10,14H,7H2,1H3,(H,15,16)/t9-,10+,13+/m1/s1. The van der Waals surface area contributed by atoms with Gasteiger partial charge in [-0.15, -0.1) is 0 Å². The minimum absolute atomic E-state index is 0.200. The number of hydrogen-bond acceptors (Lipinski definition) is 4. The van der Waals surface area contributed by atoms with Crippen molar-refractivity contribution in [3.63, 3.8) is 0 Å². The van der Waals surface area contributed by atoms with Gasteiger partial charge in [-0.2, -0.15) is 0 Å². The summed E-state index contributed by atoms with van der Waals surface area (Å²) < 4.78 is 4.81. The summed E-state index contributed by atoms with van der Waals surface area (Å²) in [7, 11) is 0. The van der Waals surface area contributed by atoms with Gasteiger partial charge in [-0.25, -0.2) is 0 Å². The molecule has 1 saturated heterocycles. The highest BCUT2D eigenvalue weighted by atomic mass is 16.5. The predicted octanol–water partition coefficient (Wildman–Crippen LogP) is 0.984. The van der Waals surface area contributed by atoms with Crippen LogP contribution in [0.5, 0.6) is 0 Å². The summed E-state index contributed by atoms with van der Waals surface area (Å²) in [5.74, 6) is -2.86. The van der Waals surface area contributed by atoms with Gasteiger partial charge in [0.25, 0.3) is 0 Å². The van der Waals surface area contributed by atoms with Crippen molar-refractivity contribution in [2.45, 2.75) is 13.0 Å². The first kappa shape index (κ1) is 12.6. The van der Waals surface area contributed by atoms with Gasteiger partial charge in [0.1, 0.15) is 17.9 Å². The Bertz CT molecular complexity index is 470. The van der Waals surface area contributed by atoms with Crippen LogP contribution in [0.15, 0.2) is 30.3 Å². The van der Waals surface area contributed by atoms with Crippen molar-refractivity contribution in [3.8, 4) is 0 Å². The molecule has 0 amide bonds. The zero-order valence-corrected chi connectivity index (χ0v) is 9.87. The second-order valence-corrected chi connectivity index (χ2v) is 4.59. The van der Waals surface area contributed by atoms with Gasteiger partial charge in [0.2, 0.25) is 0 Å². The number of carbonyl (C=O) groups is 2. The maximum Gasteiger partial charge on any atom is 0.315 e. The second-order valence-electron chi connectivity index (χ2n) is 4.59. The Morgan fingerprint density at radius 2 is 2.06 bits per heavy atom. The Balaban J connectivity index is 2.40. The largest absolute Gasteiger partial charge is 0.481 e. The number of aliphatic hydroxyl groups excluding tert-OH is 1. The summed E-state index contributed by atoms with van der Waals surface area (Å²) in [5.41, 5.74) is -0.946. The highest BCUT2D eigenvalue weighted by Gasteiger charge is 2.57. The number of hydrogen-bond donors (Lipinski definition) is 2. The van der Waals surface area contributed by atoms with Crippen LogP contribution in [-0.2, 0) is 14.3 Å². The molecular weight excluding hydrogens is 236 g/mol. The monoisotopic (exact) mass is 250 g/mol. The molecule has 0 bridgehead atoms. The molecule has 2 rings (SSSR count). The number of benzene rings is 1. The summed E-state index contributed by atoms with van der Waals surface area (Å²) in [5, 5.41) is 19.4. The first-order valence-corrected chi connectivity index (χ1v) is 5.61. The molecule has 1 fully saturated rings. The summed E-state index contributed by atoms with van der Waals surface area (Å²) in [6, 6.07) is 8.52. The van der Waals surface area contributed by atoms with Gasteiger partial charge in [-0.3, -0.25) is 9.59 Å². The summed E-state index contributed by atoms with van der Waals surface area (Å²) in [6.07, 6.45) is -1.20. The van der Waals surface area contributed by atoms with Crippen molar-refractivity contribution < 1.29 is 24.5 Å². The molecule has 18 heavy (non-hydrogen) atoms. The number of esters is 1. The quantitative estimate of drug-likeness (QED) is 0.781. The van der Waals surface area contributed by atoms with Crippen molar-refractivity contribution in [3.05, 3.63) is 35.9 Å². The lowest BCUT2D eigenvalue weighted by Gasteiger charge is -2.29. The lowest BCUT2D eigenvalue weighted by Crippen LogP contribution is -2.40. The fourth-order valence-corrected chi connectivity index (χ4v) is 2.24. The molecule has 0 aromatic heterocycles. The van der Waals surface area contributed by atoms with Gasteiger partial charge in [0.15, 0.2) is 0 Å². The van der Waals surface area contributed by atoms with Gasteiger partial charge in [0.05, 0.1) is 6.10 Å². The maximum atomic E-state index is 11.8. The maximum absolute atomic E-state index is 11.8. The first-order chi connectivity index (χ1) is 8.48. The van der Waals surface area contributed by atoms with Crippen LogP contribution in [0.1, 0.15) is 18.6 Å². The lowest BCUT2D eigenvalue weighted by molar-refractivity contribution is -0.157. The highest BCUT2D eigenvalue weighted by Crippen LogP contribution is 2.45. The molecule has 1 aliphatic heterocycles. The van der Waals surface area contributed by atoms with Gasteiger partial charge < -0.3 is 14.9 Å². The Labute approximate surface area is 104 Å². The van der Waals surface area contributed by atoms with Crippen LogP contribution in [0.4, 0.5) is 0 Å². The van der Waals surface area contributed by atoms with E-state index in [0.717, 1.165) is 0 Å². The van der Waals surface area contributed by atoms with E-state index in [1.807, 2.05) is 0 Å². The summed E-state index contributed by atoms with van der Waals surface area (Å²) in [4.78, 5) is 22.9. The fourth-order valence-electron chi connectivity index (χ4n) is 2.24. The van der Waals surface area contributed by atoms with Crippen LogP contribution >= 0.6 is 0 Å². The molecule has 0 unspecified atom stereocenters. The van der Waals surface area contributed by atoms with E-state index in [1.54, 1.807) is 30.3 Å². The van der Waals surface area contributed by atoms with Crippen LogP contribution in [0.2, 0.25) is 0 Å². The Hall–Kier alpha value is -1.88. The molecule has 0 spiro atoms. The molecule has 3 atom stereocenters. The van der Waals surface area contributed by atoms with E-state index in [9.17, 15) is 14.7 Å². The van der Waals surface area contributed by atoms with E-state index in [0.29, 0.717) is 5.56 Å². The van der Waals surface area contributed by atoms with Gasteiger partial charge in [0, 0.05) is 0 Å². The average Bonchev–Trinajstić information content (AvgIpc) is 2.67. The first-order valence-electron chi connectivity index (χ1n) is 5.61. The Morgan fingerprint density at radius 3 is 2.61 bits per heavy atom. The number of carboxylic acid groups (broad SMARTS) is 1. The molecular formula is C13H14O5. The molecule has 5 nitrogen and oxygen atoms in total. The van der Waals surface area contributed by atoms with Crippen molar-refractivity contribution >= 4 is 11.9 Å². The average molecular weight is 250 g/mol. The van der Waals surface area contributed by atoms with Crippen LogP contribution < -0.4 is 0 Å². The third kappa shape index (κ3) is 1.76. The number of carboxylic acids is 1. The van der Waals surface area contributed by atoms with Crippen molar-refractivity contribution in [2.24, 2.45) is 11.3 Å². The molecule has 1 heterocycles. The van der Waals surface area contributed by atoms with E-state index in [4.69, 9.17) is 9.84 Å². The molecule has 0 saturated carbocycles. The third-order valence-corrected chi connectivity index (χ3v) is 3.53. The Kier molecular flexibility index (Phi) is 3.09. The minimum Gasteiger partial charge on any atom is -0.481 e. The number of cyclic esters (lactones) is 1. The van der Waals surface area contributed by atoms with E-state index < -0.39 is 29.4 Å². The van der Waals surface area contributed by atoms with Crippen LogP contribution in [0, 0.1) is 11.3 Å². The fraction of sp³-hybridized carbons (Fsp3) is 0.385. The van der Waals surface area contributed by atoms with Crippen molar-refractivity contribution in [1.29, 1.82) is 0 Å². The minimum atomic E-state index is -1.45. The number of aliphatic hydroxyl groups is 1.